The van der Waals surface area contributed by atoms with Gasteiger partial charge in [0.1, 0.15) is 17.3 Å². The molecule has 1 aromatic heterocycles. The number of hydrogen-bond donors (Lipinski definition) is 0. The molecular weight excluding hydrogens is 364 g/mol. The Morgan fingerprint density at radius 1 is 0.724 bits per heavy atom. The second-order valence-corrected chi connectivity index (χ2v) is 6.78. The molecule has 3 aromatic carbocycles. The molecule has 0 saturated heterocycles. The number of hydrogen-bond acceptors (Lipinski definition) is 4. The standard InChI is InChI=1S/C24H18N2O3/c1-28-17-11-7-15(8-12-17)21-22(16-9-13-18(29-2)14-10-16)26-23(25-21)19-5-3-4-6-20(19)24(26)27/h3-14H,1-2H3. The van der Waals surface area contributed by atoms with Crippen molar-refractivity contribution in [2.45, 2.75) is 0 Å². The maximum Gasteiger partial charge on any atom is 0.264 e. The second-order valence-electron chi connectivity index (χ2n) is 6.78. The van der Waals surface area contributed by atoms with E-state index in [1.165, 1.54) is 0 Å². The van der Waals surface area contributed by atoms with Gasteiger partial charge in [0.05, 0.1) is 31.2 Å². The van der Waals surface area contributed by atoms with Crippen LogP contribution < -0.4 is 9.47 Å². The average Bonchev–Trinajstić information content (AvgIpc) is 3.30. The minimum atomic E-state index is -0.0614. The SMILES string of the molecule is COc1ccc(-c2nc3n(c2-c2ccc(OC)cc2)C(=O)c2ccccc2-3)cc1. The van der Waals surface area contributed by atoms with Crippen LogP contribution in [0.5, 0.6) is 11.5 Å². The summed E-state index contributed by atoms with van der Waals surface area (Å²) in [6, 6.07) is 23.0. The Kier molecular flexibility index (Phi) is 3.95. The highest BCUT2D eigenvalue weighted by Crippen LogP contribution is 2.41. The molecule has 29 heavy (non-hydrogen) atoms. The van der Waals surface area contributed by atoms with Crippen LogP contribution in [0.25, 0.3) is 33.9 Å². The van der Waals surface area contributed by atoms with Crippen LogP contribution in [0.3, 0.4) is 0 Å². The number of ether oxygens (including phenoxy) is 2. The van der Waals surface area contributed by atoms with E-state index in [1.54, 1.807) is 18.8 Å². The zero-order chi connectivity index (χ0) is 20.0. The first kappa shape index (κ1) is 17.3. The van der Waals surface area contributed by atoms with Crippen LogP contribution in [0.1, 0.15) is 10.4 Å². The largest absolute Gasteiger partial charge is 0.497 e. The van der Waals surface area contributed by atoms with Crippen molar-refractivity contribution in [2.75, 3.05) is 14.2 Å². The van der Waals surface area contributed by atoms with Crippen LogP contribution in [0.15, 0.2) is 72.8 Å². The van der Waals surface area contributed by atoms with E-state index in [0.717, 1.165) is 39.6 Å². The summed E-state index contributed by atoms with van der Waals surface area (Å²) in [5.74, 6) is 2.14. The Bertz CT molecular complexity index is 1220. The molecule has 0 saturated carbocycles. The molecule has 1 aliphatic heterocycles. The van der Waals surface area contributed by atoms with Crippen LogP contribution >= 0.6 is 0 Å². The molecule has 1 aliphatic rings. The normalized spacial score (nSPS) is 11.9. The molecule has 0 fully saturated rings. The summed E-state index contributed by atoms with van der Waals surface area (Å²) >= 11 is 0. The van der Waals surface area contributed by atoms with Gasteiger partial charge in [0.15, 0.2) is 0 Å². The summed E-state index contributed by atoms with van der Waals surface area (Å²) in [6.07, 6.45) is 0. The fourth-order valence-electron chi connectivity index (χ4n) is 3.75. The highest BCUT2D eigenvalue weighted by molar-refractivity contribution is 6.11. The van der Waals surface area contributed by atoms with Gasteiger partial charge in [-0.05, 0) is 54.6 Å². The molecule has 0 radical (unpaired) electrons. The molecule has 0 bridgehead atoms. The lowest BCUT2D eigenvalue weighted by molar-refractivity contribution is 0.0971. The number of fused-ring (bicyclic) bond motifs is 3. The number of aromatic nitrogens is 2. The first-order valence-electron chi connectivity index (χ1n) is 9.27. The fraction of sp³-hybridized carbons (Fsp3) is 0.0833. The summed E-state index contributed by atoms with van der Waals surface area (Å²) in [5, 5.41) is 0. The zero-order valence-electron chi connectivity index (χ0n) is 16.0. The van der Waals surface area contributed by atoms with E-state index in [1.807, 2.05) is 72.8 Å². The number of rotatable bonds is 4. The lowest BCUT2D eigenvalue weighted by Crippen LogP contribution is -2.08. The molecular formula is C24H18N2O3. The van der Waals surface area contributed by atoms with Crippen LogP contribution in [0.4, 0.5) is 0 Å². The second kappa shape index (κ2) is 6.63. The number of benzene rings is 3. The minimum absolute atomic E-state index is 0.0614. The fourth-order valence-corrected chi connectivity index (χ4v) is 3.75. The number of nitrogens with zero attached hydrogens (tertiary/aromatic N) is 2. The summed E-state index contributed by atoms with van der Waals surface area (Å²) in [6.45, 7) is 0. The van der Waals surface area contributed by atoms with Crippen molar-refractivity contribution in [1.82, 2.24) is 9.55 Å². The summed E-state index contributed by atoms with van der Waals surface area (Å²) in [7, 11) is 3.27. The molecule has 5 heteroatoms. The molecule has 0 atom stereocenters. The van der Waals surface area contributed by atoms with E-state index in [-0.39, 0.29) is 5.91 Å². The molecule has 2 heterocycles. The van der Waals surface area contributed by atoms with Crippen molar-refractivity contribution in [3.63, 3.8) is 0 Å². The number of imidazole rings is 1. The smallest absolute Gasteiger partial charge is 0.264 e. The van der Waals surface area contributed by atoms with Crippen molar-refractivity contribution < 1.29 is 14.3 Å². The molecule has 5 nitrogen and oxygen atoms in total. The first-order chi connectivity index (χ1) is 14.2. The van der Waals surface area contributed by atoms with E-state index in [2.05, 4.69) is 0 Å². The summed E-state index contributed by atoms with van der Waals surface area (Å²) < 4.78 is 12.3. The lowest BCUT2D eigenvalue weighted by Gasteiger charge is -2.09. The molecule has 4 aromatic rings. The van der Waals surface area contributed by atoms with Crippen molar-refractivity contribution in [3.05, 3.63) is 78.4 Å². The highest BCUT2D eigenvalue weighted by Gasteiger charge is 2.33. The van der Waals surface area contributed by atoms with Gasteiger partial charge in [-0.3, -0.25) is 9.36 Å². The first-order valence-corrected chi connectivity index (χ1v) is 9.27. The molecule has 0 unspecified atom stereocenters. The van der Waals surface area contributed by atoms with Gasteiger partial charge in [0, 0.05) is 16.7 Å². The molecule has 142 valence electrons. The van der Waals surface area contributed by atoms with Gasteiger partial charge in [-0.15, -0.1) is 0 Å². The van der Waals surface area contributed by atoms with E-state index in [0.29, 0.717) is 11.4 Å². The third kappa shape index (κ3) is 2.63. The Morgan fingerprint density at radius 3 is 1.86 bits per heavy atom. The summed E-state index contributed by atoms with van der Waals surface area (Å²) in [5.41, 5.74) is 4.88. The molecule has 0 aliphatic carbocycles. The van der Waals surface area contributed by atoms with Gasteiger partial charge >= 0.3 is 0 Å². The third-order valence-corrected chi connectivity index (χ3v) is 5.21. The average molecular weight is 382 g/mol. The van der Waals surface area contributed by atoms with Gasteiger partial charge in [-0.1, -0.05) is 18.2 Å². The van der Waals surface area contributed by atoms with Crippen molar-refractivity contribution in [1.29, 1.82) is 0 Å². The molecule has 5 rings (SSSR count). The van der Waals surface area contributed by atoms with Crippen LogP contribution in [-0.4, -0.2) is 29.7 Å². The Hall–Kier alpha value is -3.86. The molecule has 0 amide bonds. The van der Waals surface area contributed by atoms with E-state index in [9.17, 15) is 4.79 Å². The van der Waals surface area contributed by atoms with Crippen LogP contribution in [0.2, 0.25) is 0 Å². The number of carbonyl (C=O) groups is 1. The van der Waals surface area contributed by atoms with E-state index in [4.69, 9.17) is 14.5 Å². The predicted octanol–water partition coefficient (Wildman–Crippen LogP) is 4.90. The maximum absolute atomic E-state index is 13.2. The van der Waals surface area contributed by atoms with E-state index < -0.39 is 0 Å². The van der Waals surface area contributed by atoms with Gasteiger partial charge in [-0.2, -0.15) is 0 Å². The Labute approximate surface area is 168 Å². The topological polar surface area (TPSA) is 53.4 Å². The third-order valence-electron chi connectivity index (χ3n) is 5.21. The summed E-state index contributed by atoms with van der Waals surface area (Å²) in [4.78, 5) is 18.1. The zero-order valence-corrected chi connectivity index (χ0v) is 16.0. The quantitative estimate of drug-likeness (QED) is 0.443. The molecule has 0 N–H and O–H groups in total. The molecule has 0 spiro atoms. The van der Waals surface area contributed by atoms with Crippen molar-refractivity contribution >= 4 is 5.91 Å². The van der Waals surface area contributed by atoms with Gasteiger partial charge in [0.2, 0.25) is 0 Å². The van der Waals surface area contributed by atoms with E-state index >= 15 is 0 Å². The Morgan fingerprint density at radius 2 is 1.28 bits per heavy atom. The predicted molar refractivity (Wildman–Crippen MR) is 111 cm³/mol. The van der Waals surface area contributed by atoms with Crippen LogP contribution in [-0.2, 0) is 0 Å². The lowest BCUT2D eigenvalue weighted by atomic mass is 10.0. The number of carbonyl (C=O) groups excluding carboxylic acids is 1. The van der Waals surface area contributed by atoms with Crippen LogP contribution in [0, 0.1) is 0 Å². The van der Waals surface area contributed by atoms with Gasteiger partial charge < -0.3 is 9.47 Å². The number of methoxy groups -OCH3 is 2. The van der Waals surface area contributed by atoms with Crippen molar-refractivity contribution in [2.24, 2.45) is 0 Å². The Balaban J connectivity index is 1.77. The van der Waals surface area contributed by atoms with Gasteiger partial charge in [0.25, 0.3) is 5.91 Å². The highest BCUT2D eigenvalue weighted by atomic mass is 16.5. The maximum atomic E-state index is 13.2. The van der Waals surface area contributed by atoms with Gasteiger partial charge in [-0.25, -0.2) is 4.98 Å². The minimum Gasteiger partial charge on any atom is -0.497 e. The van der Waals surface area contributed by atoms with Crippen molar-refractivity contribution in [3.8, 4) is 45.4 Å². The monoisotopic (exact) mass is 382 g/mol.